The average Bonchev–Trinajstić information content (AvgIpc) is 2.71. The van der Waals surface area contributed by atoms with Gasteiger partial charge in [-0.3, -0.25) is 24.6 Å². The molecule has 0 saturated carbocycles. The monoisotopic (exact) mass is 401 g/mol. The molecule has 0 atom stereocenters. The highest BCUT2D eigenvalue weighted by atomic mass is 16.6. The summed E-state index contributed by atoms with van der Waals surface area (Å²) in [7, 11) is 0. The maximum atomic E-state index is 12.6. The number of nitrogens with zero attached hydrogens (tertiary/aromatic N) is 2. The van der Waals surface area contributed by atoms with Gasteiger partial charge in [-0.2, -0.15) is 0 Å². The van der Waals surface area contributed by atoms with Gasteiger partial charge in [0.05, 0.1) is 17.1 Å². The number of carbonyl (C=O) groups is 3. The molecule has 0 aliphatic carbocycles. The number of nitro groups is 1. The molecule has 10 nitrogen and oxygen atoms in total. The first kappa shape index (κ1) is 21.4. The lowest BCUT2D eigenvalue weighted by Crippen LogP contribution is -2.39. The average molecular weight is 401 g/mol. The maximum Gasteiger partial charge on any atom is 0.341 e. The van der Waals surface area contributed by atoms with Gasteiger partial charge in [0.2, 0.25) is 0 Å². The van der Waals surface area contributed by atoms with Crippen molar-refractivity contribution in [1.29, 1.82) is 0 Å². The minimum Gasteiger partial charge on any atom is -0.465 e. The third-order valence-corrected chi connectivity index (χ3v) is 3.76. The number of non-ortho nitro benzene ring substituents is 1. The molecule has 0 fully saturated rings. The number of nitrogens with two attached hydrogens (primary N) is 1. The molecule has 0 spiro atoms. The first-order chi connectivity index (χ1) is 13.8. The summed E-state index contributed by atoms with van der Waals surface area (Å²) in [6, 6.07) is 11.6. The lowest BCUT2D eigenvalue weighted by molar-refractivity contribution is -0.384. The van der Waals surface area contributed by atoms with Gasteiger partial charge in [0.15, 0.2) is 6.61 Å². The van der Waals surface area contributed by atoms with Crippen molar-refractivity contribution >= 4 is 34.9 Å². The lowest BCUT2D eigenvalue weighted by atomic mass is 10.1. The van der Waals surface area contributed by atoms with Gasteiger partial charge in [0.1, 0.15) is 6.54 Å². The number of carbonyl (C=O) groups excluding carboxylic acids is 3. The largest absolute Gasteiger partial charge is 0.465 e. The van der Waals surface area contributed by atoms with E-state index < -0.39 is 29.4 Å². The third kappa shape index (κ3) is 5.76. The van der Waals surface area contributed by atoms with E-state index in [1.54, 1.807) is 37.3 Å². The van der Waals surface area contributed by atoms with Crippen molar-refractivity contribution in [3.8, 4) is 0 Å². The van der Waals surface area contributed by atoms with Gasteiger partial charge in [-0.25, -0.2) is 4.79 Å². The number of anilines is 2. The summed E-state index contributed by atoms with van der Waals surface area (Å²) in [4.78, 5) is 47.9. The summed E-state index contributed by atoms with van der Waals surface area (Å²) >= 11 is 0. The Labute approximate surface area is 166 Å². The summed E-state index contributed by atoms with van der Waals surface area (Å²) < 4.78 is 9.83. The number of benzene rings is 2. The predicted molar refractivity (Wildman–Crippen MR) is 103 cm³/mol. The molecule has 10 heteroatoms. The molecule has 2 N–H and O–H groups in total. The van der Waals surface area contributed by atoms with Crippen LogP contribution in [0.25, 0.3) is 0 Å². The summed E-state index contributed by atoms with van der Waals surface area (Å²) in [6.07, 6.45) is 0. The number of ether oxygens (including phenoxy) is 2. The van der Waals surface area contributed by atoms with Crippen LogP contribution in [0.3, 0.4) is 0 Å². The molecule has 0 heterocycles. The fourth-order valence-corrected chi connectivity index (χ4v) is 2.38. The molecule has 0 bridgehead atoms. The molecule has 2 aromatic rings. The van der Waals surface area contributed by atoms with Gasteiger partial charge >= 0.3 is 11.9 Å². The van der Waals surface area contributed by atoms with Crippen molar-refractivity contribution < 1.29 is 28.8 Å². The third-order valence-electron chi connectivity index (χ3n) is 3.76. The summed E-state index contributed by atoms with van der Waals surface area (Å²) in [5.41, 5.74) is 5.48. The van der Waals surface area contributed by atoms with Gasteiger partial charge in [0.25, 0.3) is 11.6 Å². The first-order valence-electron chi connectivity index (χ1n) is 8.55. The number of hydrogen-bond donors (Lipinski definition) is 1. The van der Waals surface area contributed by atoms with Crippen LogP contribution in [0.2, 0.25) is 0 Å². The lowest BCUT2D eigenvalue weighted by Gasteiger charge is -2.21. The van der Waals surface area contributed by atoms with Crippen LogP contribution in [-0.4, -0.2) is 42.5 Å². The first-order valence-corrected chi connectivity index (χ1v) is 8.55. The second kappa shape index (κ2) is 9.83. The molecule has 0 aromatic heterocycles. The Balaban J connectivity index is 2.13. The van der Waals surface area contributed by atoms with E-state index in [1.165, 1.54) is 6.07 Å². The number of amides is 1. The Hall–Kier alpha value is -3.95. The van der Waals surface area contributed by atoms with Crippen LogP contribution in [0.15, 0.2) is 48.5 Å². The Kier molecular flexibility index (Phi) is 7.24. The molecular weight excluding hydrogens is 382 g/mol. The van der Waals surface area contributed by atoms with E-state index in [0.717, 1.165) is 17.0 Å². The van der Waals surface area contributed by atoms with Crippen molar-refractivity contribution in [2.45, 2.75) is 6.92 Å². The number of nitrogen functional groups attached to an aromatic ring is 1. The van der Waals surface area contributed by atoms with E-state index in [9.17, 15) is 24.5 Å². The number of hydrogen-bond acceptors (Lipinski definition) is 8. The number of esters is 2. The zero-order valence-corrected chi connectivity index (χ0v) is 15.6. The molecule has 152 valence electrons. The highest BCUT2D eigenvalue weighted by molar-refractivity contribution is 6.01. The number of nitro benzene ring substituents is 1. The molecule has 0 aliphatic rings. The Morgan fingerprint density at radius 1 is 1.10 bits per heavy atom. The fourth-order valence-electron chi connectivity index (χ4n) is 2.38. The SMILES string of the molecule is CCOC(=O)CN(C(=O)COC(=O)c1cc([N+](=O)[O-])ccc1N)c1ccccc1. The fraction of sp³-hybridized carbons (Fsp3) is 0.211. The van der Waals surface area contributed by atoms with Gasteiger partial charge in [0, 0.05) is 23.5 Å². The molecule has 0 radical (unpaired) electrons. The van der Waals surface area contributed by atoms with Crippen molar-refractivity contribution in [3.05, 3.63) is 64.2 Å². The van der Waals surface area contributed by atoms with E-state index in [0.29, 0.717) is 5.69 Å². The highest BCUT2D eigenvalue weighted by Crippen LogP contribution is 2.21. The second-order valence-electron chi connectivity index (χ2n) is 5.73. The Bertz CT molecular complexity index is 915. The van der Waals surface area contributed by atoms with E-state index in [4.69, 9.17) is 15.2 Å². The number of para-hydroxylation sites is 1. The molecule has 0 saturated heterocycles. The van der Waals surface area contributed by atoms with Gasteiger partial charge in [-0.15, -0.1) is 0 Å². The number of rotatable bonds is 8. The molecule has 0 aliphatic heterocycles. The minimum atomic E-state index is -0.997. The van der Waals surface area contributed by atoms with Crippen molar-refractivity contribution in [3.63, 3.8) is 0 Å². The van der Waals surface area contributed by atoms with Crippen molar-refractivity contribution in [2.75, 3.05) is 30.4 Å². The second-order valence-corrected chi connectivity index (χ2v) is 5.73. The zero-order valence-electron chi connectivity index (χ0n) is 15.6. The summed E-state index contributed by atoms with van der Waals surface area (Å²) in [5.74, 6) is -2.30. The zero-order chi connectivity index (χ0) is 21.4. The van der Waals surface area contributed by atoms with Crippen LogP contribution in [0.1, 0.15) is 17.3 Å². The molecule has 1 amide bonds. The Morgan fingerprint density at radius 3 is 2.41 bits per heavy atom. The molecule has 2 rings (SSSR count). The minimum absolute atomic E-state index is 0.0283. The van der Waals surface area contributed by atoms with Crippen LogP contribution in [0.4, 0.5) is 17.1 Å². The van der Waals surface area contributed by atoms with E-state index in [1.807, 2.05) is 0 Å². The van der Waals surface area contributed by atoms with Gasteiger partial charge < -0.3 is 15.2 Å². The standard InChI is InChI=1S/C19H19N3O7/c1-2-28-18(24)11-21(13-6-4-3-5-7-13)17(23)12-29-19(25)15-10-14(22(26)27)8-9-16(15)20/h3-10H,2,11-12,20H2,1H3. The van der Waals surface area contributed by atoms with E-state index in [2.05, 4.69) is 0 Å². The molecule has 29 heavy (non-hydrogen) atoms. The van der Waals surface area contributed by atoms with E-state index in [-0.39, 0.29) is 30.1 Å². The molecular formula is C19H19N3O7. The topological polar surface area (TPSA) is 142 Å². The molecule has 2 aromatic carbocycles. The van der Waals surface area contributed by atoms with Crippen LogP contribution in [0.5, 0.6) is 0 Å². The smallest absolute Gasteiger partial charge is 0.341 e. The van der Waals surface area contributed by atoms with Crippen LogP contribution >= 0.6 is 0 Å². The van der Waals surface area contributed by atoms with Crippen molar-refractivity contribution in [2.24, 2.45) is 0 Å². The molecule has 0 unspecified atom stereocenters. The normalized spacial score (nSPS) is 10.1. The predicted octanol–water partition coefficient (Wildman–Crippen LogP) is 1.93. The Morgan fingerprint density at radius 2 is 1.79 bits per heavy atom. The van der Waals surface area contributed by atoms with Crippen LogP contribution < -0.4 is 10.6 Å². The van der Waals surface area contributed by atoms with Gasteiger partial charge in [-0.05, 0) is 25.1 Å². The maximum absolute atomic E-state index is 12.6. The van der Waals surface area contributed by atoms with E-state index >= 15 is 0 Å². The quantitative estimate of drug-likeness (QED) is 0.306. The van der Waals surface area contributed by atoms with Crippen LogP contribution in [0, 0.1) is 10.1 Å². The summed E-state index contributed by atoms with van der Waals surface area (Å²) in [6.45, 7) is 0.719. The summed E-state index contributed by atoms with van der Waals surface area (Å²) in [5, 5.41) is 10.9. The highest BCUT2D eigenvalue weighted by Gasteiger charge is 2.23. The van der Waals surface area contributed by atoms with Crippen molar-refractivity contribution in [1.82, 2.24) is 0 Å². The van der Waals surface area contributed by atoms with Crippen LogP contribution in [-0.2, 0) is 19.1 Å². The van der Waals surface area contributed by atoms with Gasteiger partial charge in [-0.1, -0.05) is 18.2 Å².